The van der Waals surface area contributed by atoms with Crippen LogP contribution in [0, 0.1) is 0 Å². The zero-order valence-corrected chi connectivity index (χ0v) is 21.2. The van der Waals surface area contributed by atoms with Gasteiger partial charge in [0.05, 0.1) is 16.1 Å². The first-order chi connectivity index (χ1) is 18.0. The number of carbonyl (C=O) groups is 2. The van der Waals surface area contributed by atoms with Crippen LogP contribution in [0.3, 0.4) is 0 Å². The summed E-state index contributed by atoms with van der Waals surface area (Å²) in [6.45, 7) is 3.43. The fourth-order valence-corrected chi connectivity index (χ4v) is 5.54. The molecule has 7 heteroatoms. The maximum atomic E-state index is 11.8. The Kier molecular flexibility index (Phi) is 5.70. The van der Waals surface area contributed by atoms with E-state index in [9.17, 15) is 9.59 Å². The van der Waals surface area contributed by atoms with E-state index < -0.39 is 0 Å². The maximum Gasteiger partial charge on any atom is 0.224 e. The Morgan fingerprint density at radius 3 is 2.54 bits per heavy atom. The van der Waals surface area contributed by atoms with E-state index in [4.69, 9.17) is 0 Å². The third-order valence-corrected chi connectivity index (χ3v) is 7.72. The molecule has 0 aliphatic heterocycles. The number of anilines is 1. The molecule has 0 unspecified atom stereocenters. The molecule has 3 aromatic heterocycles. The number of fused-ring (bicyclic) bond motifs is 2. The lowest BCUT2D eigenvalue weighted by molar-refractivity contribution is -0.115. The van der Waals surface area contributed by atoms with Gasteiger partial charge in [0.2, 0.25) is 5.91 Å². The lowest BCUT2D eigenvalue weighted by Crippen LogP contribution is -2.09. The molecule has 3 N–H and O–H groups in total. The molecule has 3 heterocycles. The molecular weight excluding hydrogens is 480 g/mol. The molecule has 0 bridgehead atoms. The van der Waals surface area contributed by atoms with Crippen molar-refractivity contribution in [2.24, 2.45) is 0 Å². The minimum atomic E-state index is -0.0111. The number of hydrogen-bond donors (Lipinski definition) is 3. The van der Waals surface area contributed by atoms with Crippen LogP contribution in [0.5, 0.6) is 0 Å². The normalized spacial score (nSPS) is 11.3. The number of Topliss-reactive ketones (excluding diaryl/α,β-unsaturated/α-hetero) is 1. The van der Waals surface area contributed by atoms with Crippen molar-refractivity contribution in [3.05, 3.63) is 83.7 Å². The van der Waals surface area contributed by atoms with Gasteiger partial charge in [-0.15, -0.1) is 11.3 Å². The van der Waals surface area contributed by atoms with Gasteiger partial charge in [-0.05, 0) is 66.6 Å². The molecule has 37 heavy (non-hydrogen) atoms. The Labute approximate surface area is 217 Å². The van der Waals surface area contributed by atoms with Crippen LogP contribution in [-0.4, -0.2) is 26.9 Å². The second kappa shape index (κ2) is 9.19. The summed E-state index contributed by atoms with van der Waals surface area (Å²) in [7, 11) is 0. The molecular formula is C30H24N4O2S. The number of aromatic nitrogens is 3. The molecule has 0 fully saturated rings. The average molecular weight is 505 g/mol. The molecule has 6 nitrogen and oxygen atoms in total. The van der Waals surface area contributed by atoms with E-state index in [0.29, 0.717) is 6.42 Å². The number of nitrogens with one attached hydrogen (secondary N) is 3. The predicted octanol–water partition coefficient (Wildman–Crippen LogP) is 7.66. The number of hydrogen-bond acceptors (Lipinski definition) is 4. The Morgan fingerprint density at radius 2 is 1.73 bits per heavy atom. The van der Waals surface area contributed by atoms with Crippen molar-refractivity contribution >= 4 is 50.5 Å². The largest absolute Gasteiger partial charge is 0.353 e. The molecule has 0 spiro atoms. The summed E-state index contributed by atoms with van der Waals surface area (Å²) < 4.78 is 0. The summed E-state index contributed by atoms with van der Waals surface area (Å²) >= 11 is 1.51. The second-order valence-corrected chi connectivity index (χ2v) is 10.1. The number of ketones is 1. The Hall–Kier alpha value is -4.49. The molecule has 0 saturated carbocycles. The average Bonchev–Trinajstić information content (AvgIpc) is 3.66. The summed E-state index contributed by atoms with van der Waals surface area (Å²) in [5, 5.41) is 12.8. The van der Waals surface area contributed by atoms with E-state index in [0.717, 1.165) is 65.3 Å². The van der Waals surface area contributed by atoms with Crippen LogP contribution in [0.4, 0.5) is 5.69 Å². The zero-order valence-electron chi connectivity index (χ0n) is 20.4. The van der Waals surface area contributed by atoms with Crippen LogP contribution in [-0.2, 0) is 4.79 Å². The number of rotatable bonds is 6. The van der Waals surface area contributed by atoms with Crippen molar-refractivity contribution in [2.45, 2.75) is 20.3 Å². The third kappa shape index (κ3) is 4.23. The van der Waals surface area contributed by atoms with E-state index in [2.05, 4.69) is 50.8 Å². The summed E-state index contributed by atoms with van der Waals surface area (Å²) in [5.74, 6) is 0.0678. The molecule has 6 aromatic rings. The summed E-state index contributed by atoms with van der Waals surface area (Å²) in [4.78, 5) is 29.0. The second-order valence-electron chi connectivity index (χ2n) is 8.99. The highest BCUT2D eigenvalue weighted by atomic mass is 32.1. The molecule has 0 aliphatic carbocycles. The quantitative estimate of drug-likeness (QED) is 0.203. The first-order valence-electron chi connectivity index (χ1n) is 12.1. The van der Waals surface area contributed by atoms with Gasteiger partial charge in [0, 0.05) is 38.8 Å². The number of benzene rings is 3. The van der Waals surface area contributed by atoms with E-state index in [-0.39, 0.29) is 11.7 Å². The molecule has 182 valence electrons. The van der Waals surface area contributed by atoms with Gasteiger partial charge in [0.25, 0.3) is 0 Å². The van der Waals surface area contributed by atoms with Crippen LogP contribution in [0.15, 0.2) is 78.9 Å². The van der Waals surface area contributed by atoms with Gasteiger partial charge < -0.3 is 10.3 Å². The van der Waals surface area contributed by atoms with Gasteiger partial charge in [-0.25, -0.2) is 0 Å². The molecule has 0 saturated heterocycles. The number of carbonyl (C=O) groups excluding carboxylic acids is 2. The maximum absolute atomic E-state index is 11.8. The Bertz CT molecular complexity index is 1810. The van der Waals surface area contributed by atoms with E-state index in [1.54, 1.807) is 6.92 Å². The molecule has 6 rings (SSSR count). The van der Waals surface area contributed by atoms with Crippen LogP contribution in [0.25, 0.3) is 54.8 Å². The van der Waals surface area contributed by atoms with Crippen molar-refractivity contribution in [1.29, 1.82) is 0 Å². The van der Waals surface area contributed by atoms with E-state index >= 15 is 0 Å². The predicted molar refractivity (Wildman–Crippen MR) is 151 cm³/mol. The van der Waals surface area contributed by atoms with Crippen molar-refractivity contribution in [2.75, 3.05) is 5.32 Å². The van der Waals surface area contributed by atoms with Gasteiger partial charge in [-0.3, -0.25) is 14.7 Å². The van der Waals surface area contributed by atoms with Crippen LogP contribution >= 0.6 is 11.3 Å². The van der Waals surface area contributed by atoms with E-state index in [1.165, 1.54) is 11.3 Å². The fourth-order valence-electron chi connectivity index (χ4n) is 4.59. The first-order valence-corrected chi connectivity index (χ1v) is 12.9. The van der Waals surface area contributed by atoms with Crippen molar-refractivity contribution in [3.63, 3.8) is 0 Å². The van der Waals surface area contributed by atoms with Gasteiger partial charge in [0.15, 0.2) is 5.78 Å². The van der Waals surface area contributed by atoms with Gasteiger partial charge in [-0.2, -0.15) is 5.10 Å². The summed E-state index contributed by atoms with van der Waals surface area (Å²) in [6.07, 6.45) is 0.436. The monoisotopic (exact) mass is 504 g/mol. The highest BCUT2D eigenvalue weighted by molar-refractivity contribution is 7.17. The molecule has 0 atom stereocenters. The number of nitrogens with zero attached hydrogens (tertiary/aromatic N) is 1. The topological polar surface area (TPSA) is 90.6 Å². The minimum Gasteiger partial charge on any atom is -0.353 e. The molecule has 3 aromatic carbocycles. The third-order valence-electron chi connectivity index (χ3n) is 6.50. The SMILES string of the molecule is CCC(=O)Nc1cccc(-c2ccc3[nH]nc(-c4cc5c(-c6ccc(C(C)=O)s6)cccc5[nH]4)c3c2)c1. The summed E-state index contributed by atoms with van der Waals surface area (Å²) in [5.41, 5.74) is 7.62. The summed E-state index contributed by atoms with van der Waals surface area (Å²) in [6, 6.07) is 26.3. The number of amides is 1. The highest BCUT2D eigenvalue weighted by Gasteiger charge is 2.16. The van der Waals surface area contributed by atoms with Crippen LogP contribution in [0.1, 0.15) is 29.9 Å². The number of H-pyrrole nitrogens is 2. The van der Waals surface area contributed by atoms with Gasteiger partial charge >= 0.3 is 0 Å². The van der Waals surface area contributed by atoms with Crippen LogP contribution in [0.2, 0.25) is 0 Å². The smallest absolute Gasteiger partial charge is 0.224 e. The van der Waals surface area contributed by atoms with Gasteiger partial charge in [-0.1, -0.05) is 37.3 Å². The lowest BCUT2D eigenvalue weighted by Gasteiger charge is -2.07. The molecule has 0 radical (unpaired) electrons. The number of thiophene rings is 1. The van der Waals surface area contributed by atoms with Crippen LogP contribution < -0.4 is 5.32 Å². The fraction of sp³-hybridized carbons (Fsp3) is 0.100. The highest BCUT2D eigenvalue weighted by Crippen LogP contribution is 2.37. The standard InChI is InChI=1S/C30H24N4O2S/c1-3-29(36)31-20-7-4-6-18(14-20)19-10-11-25-23(15-19)30(34-33-25)26-16-22-21(8-5-9-24(22)32-26)28-13-12-27(37-28)17(2)35/h4-16,32H,3H2,1-2H3,(H,31,36)(H,33,34). The first kappa shape index (κ1) is 22.9. The minimum absolute atomic E-state index is 0.0111. The van der Waals surface area contributed by atoms with E-state index in [1.807, 2.05) is 55.5 Å². The van der Waals surface area contributed by atoms with Crippen molar-refractivity contribution in [3.8, 4) is 33.0 Å². The van der Waals surface area contributed by atoms with Crippen molar-refractivity contribution in [1.82, 2.24) is 15.2 Å². The Morgan fingerprint density at radius 1 is 0.892 bits per heavy atom. The van der Waals surface area contributed by atoms with Crippen molar-refractivity contribution < 1.29 is 9.59 Å². The number of aromatic amines is 2. The van der Waals surface area contributed by atoms with Gasteiger partial charge in [0.1, 0.15) is 5.69 Å². The Balaban J connectivity index is 1.42. The molecule has 1 amide bonds. The molecule has 0 aliphatic rings. The lowest BCUT2D eigenvalue weighted by atomic mass is 10.0. The zero-order chi connectivity index (χ0) is 25.5.